The van der Waals surface area contributed by atoms with Gasteiger partial charge in [-0.15, -0.1) is 0 Å². The van der Waals surface area contributed by atoms with E-state index in [4.69, 9.17) is 4.89 Å². The van der Waals surface area contributed by atoms with Gasteiger partial charge in [-0.25, -0.2) is 0 Å². The first-order valence-corrected chi connectivity index (χ1v) is 5.76. The minimum Gasteiger partial charge on any atom is -0.301 e. The smallest absolute Gasteiger partial charge is 0.301 e. The number of hydrogen-bond acceptors (Lipinski definition) is 3. The predicted octanol–water partition coefficient (Wildman–Crippen LogP) is 2.70. The molecule has 0 N–H and O–H groups in total. The summed E-state index contributed by atoms with van der Waals surface area (Å²) in [4.78, 5) is 20.2. The molecule has 0 saturated heterocycles. The van der Waals surface area contributed by atoms with Crippen molar-refractivity contribution in [1.82, 2.24) is 0 Å². The zero-order valence-corrected chi connectivity index (χ0v) is 9.79. The largest absolute Gasteiger partial charge is 0.330 e. The number of rotatable bonds is 3. The van der Waals surface area contributed by atoms with Crippen LogP contribution in [0.25, 0.3) is 0 Å². The highest BCUT2D eigenvalue weighted by molar-refractivity contribution is 5.35. The van der Waals surface area contributed by atoms with Crippen molar-refractivity contribution in [2.75, 3.05) is 0 Å². The average molecular weight is 212 g/mol. The molecule has 3 atom stereocenters. The van der Waals surface area contributed by atoms with Gasteiger partial charge in [-0.2, -0.15) is 4.89 Å². The molecule has 2 aliphatic carbocycles. The minimum atomic E-state index is -0.191. The molecule has 2 bridgehead atoms. The fourth-order valence-electron chi connectivity index (χ4n) is 3.60. The normalized spacial score (nSPS) is 39.4. The van der Waals surface area contributed by atoms with Crippen LogP contribution in [0.1, 0.15) is 46.5 Å². The lowest BCUT2D eigenvalue weighted by molar-refractivity contribution is -0.338. The Hall–Kier alpha value is -0.570. The van der Waals surface area contributed by atoms with Crippen LogP contribution in [0.3, 0.4) is 0 Å². The Labute approximate surface area is 91.1 Å². The Kier molecular flexibility index (Phi) is 2.53. The number of hydrogen-bond donors (Lipinski definition) is 0. The molecule has 0 spiro atoms. The van der Waals surface area contributed by atoms with Crippen LogP contribution in [-0.4, -0.2) is 12.1 Å². The summed E-state index contributed by atoms with van der Waals surface area (Å²) in [5, 5.41) is 0. The lowest BCUT2D eigenvalue weighted by atomic mass is 9.69. The van der Waals surface area contributed by atoms with Gasteiger partial charge in [0.25, 0.3) is 0 Å². The third-order valence-corrected chi connectivity index (χ3v) is 4.11. The van der Waals surface area contributed by atoms with E-state index in [2.05, 4.69) is 25.7 Å². The lowest BCUT2D eigenvalue weighted by Crippen LogP contribution is -2.42. The molecule has 2 rings (SSSR count). The zero-order valence-electron chi connectivity index (χ0n) is 9.79. The molecule has 2 fully saturated rings. The summed E-state index contributed by atoms with van der Waals surface area (Å²) in [6.07, 6.45) is 4.52. The second-order valence-electron chi connectivity index (χ2n) is 6.10. The van der Waals surface area contributed by atoms with Crippen LogP contribution in [0.2, 0.25) is 0 Å². The molecule has 2 saturated carbocycles. The van der Waals surface area contributed by atoms with E-state index in [1.165, 1.54) is 12.8 Å². The van der Waals surface area contributed by atoms with E-state index in [1.54, 1.807) is 0 Å². The molecule has 0 aromatic carbocycles. The monoisotopic (exact) mass is 212 g/mol. The SMILES string of the molecule is CC(C)(C)C1CC2CCC1(OOC=O)C2. The maximum absolute atomic E-state index is 10.2. The first-order chi connectivity index (χ1) is 6.98. The van der Waals surface area contributed by atoms with Crippen LogP contribution in [0.4, 0.5) is 0 Å². The van der Waals surface area contributed by atoms with E-state index in [-0.39, 0.29) is 11.0 Å². The predicted molar refractivity (Wildman–Crippen MR) is 55.9 cm³/mol. The van der Waals surface area contributed by atoms with Crippen molar-refractivity contribution >= 4 is 6.47 Å². The first kappa shape index (κ1) is 10.9. The summed E-state index contributed by atoms with van der Waals surface area (Å²) in [5.74, 6) is 1.27. The Morgan fingerprint density at radius 3 is 2.67 bits per heavy atom. The van der Waals surface area contributed by atoms with Gasteiger partial charge in [0.05, 0.1) is 0 Å². The molecule has 0 amide bonds. The van der Waals surface area contributed by atoms with Crippen molar-refractivity contribution in [2.24, 2.45) is 17.3 Å². The van der Waals surface area contributed by atoms with Crippen molar-refractivity contribution < 1.29 is 14.6 Å². The van der Waals surface area contributed by atoms with Crippen LogP contribution in [-0.2, 0) is 14.6 Å². The van der Waals surface area contributed by atoms with Crippen molar-refractivity contribution in [1.29, 1.82) is 0 Å². The van der Waals surface area contributed by atoms with Gasteiger partial charge in [-0.05, 0) is 42.9 Å². The van der Waals surface area contributed by atoms with E-state index in [0.29, 0.717) is 12.4 Å². The fourth-order valence-corrected chi connectivity index (χ4v) is 3.60. The van der Waals surface area contributed by atoms with Crippen molar-refractivity contribution in [3.63, 3.8) is 0 Å². The quantitative estimate of drug-likeness (QED) is 0.410. The van der Waals surface area contributed by atoms with E-state index in [9.17, 15) is 4.79 Å². The molecule has 0 aromatic heterocycles. The molecule has 86 valence electrons. The molecular formula is C12H20O3. The average Bonchev–Trinajstić information content (AvgIpc) is 2.71. The van der Waals surface area contributed by atoms with Gasteiger partial charge in [0.2, 0.25) is 0 Å². The third kappa shape index (κ3) is 1.78. The van der Waals surface area contributed by atoms with E-state index < -0.39 is 0 Å². The second kappa shape index (κ2) is 3.48. The molecular weight excluding hydrogens is 192 g/mol. The van der Waals surface area contributed by atoms with E-state index in [0.717, 1.165) is 18.8 Å². The second-order valence-corrected chi connectivity index (χ2v) is 6.10. The standard InChI is InChI=1S/C12H20O3/c1-11(2,3)10-6-9-4-5-12(10,7-9)15-14-8-13/h8-10H,4-7H2,1-3H3. The van der Waals surface area contributed by atoms with Gasteiger partial charge in [-0.3, -0.25) is 4.79 Å². The molecule has 3 heteroatoms. The van der Waals surface area contributed by atoms with Crippen LogP contribution in [0.5, 0.6) is 0 Å². The van der Waals surface area contributed by atoms with Gasteiger partial charge in [0.1, 0.15) is 5.60 Å². The van der Waals surface area contributed by atoms with Crippen LogP contribution < -0.4 is 0 Å². The van der Waals surface area contributed by atoms with Crippen LogP contribution in [0.15, 0.2) is 0 Å². The molecule has 3 unspecified atom stereocenters. The highest BCUT2D eigenvalue weighted by Crippen LogP contribution is 2.58. The third-order valence-electron chi connectivity index (χ3n) is 4.11. The Bertz CT molecular complexity index is 256. The molecule has 0 radical (unpaired) electrons. The van der Waals surface area contributed by atoms with E-state index >= 15 is 0 Å². The van der Waals surface area contributed by atoms with Gasteiger partial charge in [0, 0.05) is 0 Å². The molecule has 0 heterocycles. The van der Waals surface area contributed by atoms with Crippen molar-refractivity contribution in [2.45, 2.75) is 52.1 Å². The lowest BCUT2D eigenvalue weighted by Gasteiger charge is -2.40. The van der Waals surface area contributed by atoms with Crippen LogP contribution >= 0.6 is 0 Å². The van der Waals surface area contributed by atoms with E-state index in [1.807, 2.05) is 0 Å². The summed E-state index contributed by atoms with van der Waals surface area (Å²) >= 11 is 0. The summed E-state index contributed by atoms with van der Waals surface area (Å²) in [6.45, 7) is 7.11. The van der Waals surface area contributed by atoms with Gasteiger partial charge in [-0.1, -0.05) is 20.8 Å². The first-order valence-electron chi connectivity index (χ1n) is 5.76. The Balaban J connectivity index is 2.15. The zero-order chi connectivity index (χ0) is 11.1. The molecule has 0 aromatic rings. The Morgan fingerprint density at radius 1 is 1.40 bits per heavy atom. The summed E-state index contributed by atoms with van der Waals surface area (Å²) in [6, 6.07) is 0. The van der Waals surface area contributed by atoms with Crippen LogP contribution in [0, 0.1) is 17.3 Å². The highest BCUT2D eigenvalue weighted by Gasteiger charge is 2.58. The van der Waals surface area contributed by atoms with Gasteiger partial charge >= 0.3 is 6.47 Å². The maximum Gasteiger partial charge on any atom is 0.330 e. The summed E-state index contributed by atoms with van der Waals surface area (Å²) < 4.78 is 0. The maximum atomic E-state index is 10.2. The summed E-state index contributed by atoms with van der Waals surface area (Å²) in [5.41, 5.74) is 0.0330. The van der Waals surface area contributed by atoms with Crippen molar-refractivity contribution in [3.8, 4) is 0 Å². The molecule has 3 nitrogen and oxygen atoms in total. The topological polar surface area (TPSA) is 35.5 Å². The highest BCUT2D eigenvalue weighted by atomic mass is 17.2. The minimum absolute atomic E-state index is 0.191. The molecule has 15 heavy (non-hydrogen) atoms. The summed E-state index contributed by atoms with van der Waals surface area (Å²) in [7, 11) is 0. The number of carbonyl (C=O) groups excluding carboxylic acids is 1. The number of carbonyl (C=O) groups is 1. The molecule has 0 aliphatic heterocycles. The molecule has 2 aliphatic rings. The Morgan fingerprint density at radius 2 is 2.13 bits per heavy atom. The van der Waals surface area contributed by atoms with Crippen molar-refractivity contribution in [3.05, 3.63) is 0 Å². The fraction of sp³-hybridized carbons (Fsp3) is 0.917. The van der Waals surface area contributed by atoms with Gasteiger partial charge in [0.15, 0.2) is 0 Å². The number of fused-ring (bicyclic) bond motifs is 2. The van der Waals surface area contributed by atoms with Gasteiger partial charge < -0.3 is 4.89 Å².